The molecule has 0 unspecified atom stereocenters. The van der Waals surface area contributed by atoms with Crippen molar-refractivity contribution < 1.29 is 21.6 Å². The van der Waals surface area contributed by atoms with Crippen molar-refractivity contribution in [2.75, 3.05) is 6.54 Å². The molecule has 0 aliphatic heterocycles. The van der Waals surface area contributed by atoms with Crippen LogP contribution >= 0.6 is 0 Å². The van der Waals surface area contributed by atoms with E-state index in [0.29, 0.717) is 6.42 Å². The molecule has 26 heavy (non-hydrogen) atoms. The lowest BCUT2D eigenvalue weighted by molar-refractivity contribution is -0.137. The Morgan fingerprint density at radius 1 is 1.12 bits per heavy atom. The SMILES string of the molecule is O=S(=O)(Cc1cccc(C(F)(F)F)c1)NCCc1cn2ccccc2n1. The summed E-state index contributed by atoms with van der Waals surface area (Å²) in [6.07, 6.45) is -0.486. The average molecular weight is 383 g/mol. The normalized spacial score (nSPS) is 12.6. The van der Waals surface area contributed by atoms with Gasteiger partial charge in [-0.2, -0.15) is 13.2 Å². The van der Waals surface area contributed by atoms with Crippen LogP contribution in [0.25, 0.3) is 5.65 Å². The molecule has 0 aliphatic carbocycles. The average Bonchev–Trinajstić information content (AvgIpc) is 2.96. The summed E-state index contributed by atoms with van der Waals surface area (Å²) < 4.78 is 66.6. The van der Waals surface area contributed by atoms with Crippen LogP contribution < -0.4 is 4.72 Å². The molecule has 1 aromatic carbocycles. The third-order valence-electron chi connectivity index (χ3n) is 3.73. The third kappa shape index (κ3) is 4.61. The summed E-state index contributed by atoms with van der Waals surface area (Å²) in [5.74, 6) is -0.512. The van der Waals surface area contributed by atoms with E-state index in [4.69, 9.17) is 0 Å². The van der Waals surface area contributed by atoms with Gasteiger partial charge in [0, 0.05) is 25.4 Å². The van der Waals surface area contributed by atoms with Crippen LogP contribution in [-0.4, -0.2) is 24.3 Å². The highest BCUT2D eigenvalue weighted by Crippen LogP contribution is 2.29. The predicted molar refractivity (Wildman–Crippen MR) is 91.0 cm³/mol. The van der Waals surface area contributed by atoms with Gasteiger partial charge in [-0.05, 0) is 23.8 Å². The summed E-state index contributed by atoms with van der Waals surface area (Å²) >= 11 is 0. The number of pyridine rings is 1. The van der Waals surface area contributed by atoms with Crippen molar-refractivity contribution >= 4 is 15.7 Å². The lowest BCUT2D eigenvalue weighted by Crippen LogP contribution is -2.27. The van der Waals surface area contributed by atoms with Crippen molar-refractivity contribution in [1.29, 1.82) is 0 Å². The van der Waals surface area contributed by atoms with E-state index in [1.807, 2.05) is 28.8 Å². The summed E-state index contributed by atoms with van der Waals surface area (Å²) in [7, 11) is -3.75. The molecule has 0 atom stereocenters. The fourth-order valence-corrected chi connectivity index (χ4v) is 3.68. The van der Waals surface area contributed by atoms with Gasteiger partial charge in [0.25, 0.3) is 0 Å². The Kier molecular flexibility index (Phi) is 5.01. The molecule has 0 saturated heterocycles. The Hall–Kier alpha value is -2.39. The van der Waals surface area contributed by atoms with Crippen molar-refractivity contribution in [2.24, 2.45) is 0 Å². The van der Waals surface area contributed by atoms with E-state index < -0.39 is 27.5 Å². The molecule has 0 saturated carbocycles. The number of halogens is 3. The number of hydrogen-bond acceptors (Lipinski definition) is 3. The van der Waals surface area contributed by atoms with Gasteiger partial charge in [0.15, 0.2) is 0 Å². The Balaban J connectivity index is 1.60. The molecule has 9 heteroatoms. The first-order chi connectivity index (χ1) is 12.2. The minimum Gasteiger partial charge on any atom is -0.307 e. The molecule has 0 radical (unpaired) electrons. The second-order valence-electron chi connectivity index (χ2n) is 5.80. The van der Waals surface area contributed by atoms with Gasteiger partial charge in [-0.1, -0.05) is 24.3 Å². The van der Waals surface area contributed by atoms with Crippen LogP contribution in [0, 0.1) is 0 Å². The maximum Gasteiger partial charge on any atom is 0.416 e. The van der Waals surface area contributed by atoms with Crippen molar-refractivity contribution in [3.8, 4) is 0 Å². The fourth-order valence-electron chi connectivity index (χ4n) is 2.55. The second kappa shape index (κ2) is 7.08. The maximum atomic E-state index is 12.7. The first-order valence-electron chi connectivity index (χ1n) is 7.79. The van der Waals surface area contributed by atoms with Gasteiger partial charge in [0.2, 0.25) is 10.0 Å². The molecule has 3 aromatic rings. The molecule has 0 fully saturated rings. The van der Waals surface area contributed by atoms with Crippen LogP contribution in [0.1, 0.15) is 16.8 Å². The van der Waals surface area contributed by atoms with Gasteiger partial charge in [-0.15, -0.1) is 0 Å². The van der Waals surface area contributed by atoms with Gasteiger partial charge < -0.3 is 4.40 Å². The highest BCUT2D eigenvalue weighted by Gasteiger charge is 2.30. The fraction of sp³-hybridized carbons (Fsp3) is 0.235. The Morgan fingerprint density at radius 2 is 1.92 bits per heavy atom. The number of fused-ring (bicyclic) bond motifs is 1. The number of aromatic nitrogens is 2. The molecule has 5 nitrogen and oxygen atoms in total. The summed E-state index contributed by atoms with van der Waals surface area (Å²) in [5, 5.41) is 0. The largest absolute Gasteiger partial charge is 0.416 e. The summed E-state index contributed by atoms with van der Waals surface area (Å²) in [6.45, 7) is 0.116. The maximum absolute atomic E-state index is 12.7. The van der Waals surface area contributed by atoms with Crippen LogP contribution in [0.5, 0.6) is 0 Å². The summed E-state index contributed by atoms with van der Waals surface area (Å²) in [6, 6.07) is 9.86. The zero-order chi connectivity index (χ0) is 18.8. The van der Waals surface area contributed by atoms with E-state index in [1.165, 1.54) is 12.1 Å². The van der Waals surface area contributed by atoms with Gasteiger partial charge in [0.05, 0.1) is 17.0 Å². The molecule has 1 N–H and O–H groups in total. The van der Waals surface area contributed by atoms with Crippen molar-refractivity contribution in [3.63, 3.8) is 0 Å². The van der Waals surface area contributed by atoms with Crippen molar-refractivity contribution in [2.45, 2.75) is 18.3 Å². The Labute approximate surface area is 148 Å². The van der Waals surface area contributed by atoms with Gasteiger partial charge in [-0.3, -0.25) is 0 Å². The van der Waals surface area contributed by atoms with E-state index in [1.54, 1.807) is 6.20 Å². The number of nitrogens with one attached hydrogen (secondary N) is 1. The first-order valence-corrected chi connectivity index (χ1v) is 9.44. The number of imidazole rings is 1. The van der Waals surface area contributed by atoms with E-state index in [0.717, 1.165) is 23.5 Å². The predicted octanol–water partition coefficient (Wildman–Crippen LogP) is 3.02. The lowest BCUT2D eigenvalue weighted by atomic mass is 10.1. The van der Waals surface area contributed by atoms with Crippen LogP contribution in [-0.2, 0) is 28.4 Å². The quantitative estimate of drug-likeness (QED) is 0.712. The Morgan fingerprint density at radius 3 is 2.65 bits per heavy atom. The molecule has 0 bridgehead atoms. The summed E-state index contributed by atoms with van der Waals surface area (Å²) in [4.78, 5) is 4.36. The zero-order valence-corrected chi connectivity index (χ0v) is 14.4. The van der Waals surface area contributed by atoms with Crippen molar-refractivity contribution in [3.05, 3.63) is 71.7 Å². The molecule has 0 aliphatic rings. The number of hydrogen-bond donors (Lipinski definition) is 1. The topological polar surface area (TPSA) is 63.5 Å². The van der Waals surface area contributed by atoms with Crippen LogP contribution in [0.4, 0.5) is 13.2 Å². The van der Waals surface area contributed by atoms with E-state index in [-0.39, 0.29) is 12.1 Å². The molecule has 138 valence electrons. The number of nitrogens with zero attached hydrogens (tertiary/aromatic N) is 2. The van der Waals surface area contributed by atoms with Crippen LogP contribution in [0.15, 0.2) is 54.9 Å². The highest BCUT2D eigenvalue weighted by atomic mass is 32.2. The third-order valence-corrected chi connectivity index (χ3v) is 5.09. The molecular formula is C17H16F3N3O2S. The van der Waals surface area contributed by atoms with Crippen LogP contribution in [0.2, 0.25) is 0 Å². The smallest absolute Gasteiger partial charge is 0.307 e. The first kappa shape index (κ1) is 18.4. The van der Waals surface area contributed by atoms with Gasteiger partial charge in [-0.25, -0.2) is 18.1 Å². The number of benzene rings is 1. The second-order valence-corrected chi connectivity index (χ2v) is 7.61. The Bertz CT molecular complexity index is 980. The monoisotopic (exact) mass is 383 g/mol. The van der Waals surface area contributed by atoms with Crippen molar-refractivity contribution in [1.82, 2.24) is 14.1 Å². The highest BCUT2D eigenvalue weighted by molar-refractivity contribution is 7.88. The van der Waals surface area contributed by atoms with E-state index in [2.05, 4.69) is 9.71 Å². The molecule has 3 rings (SSSR count). The van der Waals surface area contributed by atoms with E-state index in [9.17, 15) is 21.6 Å². The molecule has 0 spiro atoms. The number of sulfonamides is 1. The number of alkyl halides is 3. The standard InChI is InChI=1S/C17H16F3N3O2S/c18-17(19,20)14-5-3-4-13(10-14)12-26(24,25)21-8-7-15-11-23-9-2-1-6-16(23)22-15/h1-6,9-11,21H,7-8,12H2. The zero-order valence-electron chi connectivity index (χ0n) is 13.6. The minimum absolute atomic E-state index is 0.0834. The molecular weight excluding hydrogens is 367 g/mol. The molecule has 2 aromatic heterocycles. The van der Waals surface area contributed by atoms with Gasteiger partial charge in [0.1, 0.15) is 5.65 Å². The number of rotatable bonds is 6. The van der Waals surface area contributed by atoms with E-state index >= 15 is 0 Å². The van der Waals surface area contributed by atoms with Crippen LogP contribution in [0.3, 0.4) is 0 Å². The molecule has 2 heterocycles. The summed E-state index contributed by atoms with van der Waals surface area (Å²) in [5.41, 5.74) is 0.697. The van der Waals surface area contributed by atoms with Gasteiger partial charge >= 0.3 is 6.18 Å². The lowest BCUT2D eigenvalue weighted by Gasteiger charge is -2.10. The minimum atomic E-state index is -4.50. The molecule has 0 amide bonds.